The first-order valence-corrected chi connectivity index (χ1v) is 8.53. The molecule has 1 aromatic carbocycles. The van der Waals surface area contributed by atoms with Crippen LogP contribution in [0.25, 0.3) is 0 Å². The van der Waals surface area contributed by atoms with Gasteiger partial charge in [-0.15, -0.1) is 0 Å². The first-order valence-electron chi connectivity index (χ1n) is 6.88. The van der Waals surface area contributed by atoms with E-state index in [-0.39, 0.29) is 17.3 Å². The summed E-state index contributed by atoms with van der Waals surface area (Å²) >= 11 is 0. The highest BCUT2D eigenvalue weighted by molar-refractivity contribution is 7.92. The monoisotopic (exact) mass is 336 g/mol. The number of nitrogens with one attached hydrogen (secondary N) is 2. The summed E-state index contributed by atoms with van der Waals surface area (Å²) in [6, 6.07) is 9.20. The van der Waals surface area contributed by atoms with E-state index < -0.39 is 14.9 Å². The SMILES string of the molecule is CCCS(=O)(=O)Nc1ccc(Nc2ncccc2[N+](=O)[O-])cc1. The molecule has 0 atom stereocenters. The van der Waals surface area contributed by atoms with Gasteiger partial charge in [-0.3, -0.25) is 14.8 Å². The number of hydrogen-bond acceptors (Lipinski definition) is 6. The predicted octanol–water partition coefficient (Wildman–Crippen LogP) is 2.89. The van der Waals surface area contributed by atoms with Crippen molar-refractivity contribution in [1.29, 1.82) is 0 Å². The summed E-state index contributed by atoms with van der Waals surface area (Å²) in [5.74, 6) is 0.171. The van der Waals surface area contributed by atoms with Crippen molar-refractivity contribution in [3.63, 3.8) is 0 Å². The zero-order valence-corrected chi connectivity index (χ0v) is 13.2. The maximum absolute atomic E-state index is 11.7. The molecule has 1 heterocycles. The summed E-state index contributed by atoms with van der Waals surface area (Å²) in [4.78, 5) is 14.3. The molecule has 0 unspecified atom stereocenters. The van der Waals surface area contributed by atoms with E-state index in [1.54, 1.807) is 31.2 Å². The van der Waals surface area contributed by atoms with Gasteiger partial charge in [0.25, 0.3) is 0 Å². The lowest BCUT2D eigenvalue weighted by molar-refractivity contribution is -0.384. The van der Waals surface area contributed by atoms with Crippen molar-refractivity contribution in [2.75, 3.05) is 15.8 Å². The molecule has 2 rings (SSSR count). The van der Waals surface area contributed by atoms with Crippen LogP contribution in [-0.2, 0) is 10.0 Å². The van der Waals surface area contributed by atoms with Crippen LogP contribution in [0.5, 0.6) is 0 Å². The van der Waals surface area contributed by atoms with E-state index in [4.69, 9.17) is 0 Å². The van der Waals surface area contributed by atoms with Crippen LogP contribution in [0, 0.1) is 10.1 Å². The minimum atomic E-state index is -3.35. The molecule has 1 aromatic heterocycles. The first kappa shape index (κ1) is 16.7. The Kier molecular flexibility index (Phi) is 5.12. The molecule has 0 spiro atoms. The maximum atomic E-state index is 11.7. The minimum absolute atomic E-state index is 0.0487. The average molecular weight is 336 g/mol. The molecular formula is C14H16N4O4S. The molecular weight excluding hydrogens is 320 g/mol. The Morgan fingerprint density at radius 3 is 2.43 bits per heavy atom. The Balaban J connectivity index is 2.14. The van der Waals surface area contributed by atoms with Gasteiger partial charge in [-0.05, 0) is 36.8 Å². The van der Waals surface area contributed by atoms with E-state index >= 15 is 0 Å². The lowest BCUT2D eigenvalue weighted by Gasteiger charge is -2.09. The Morgan fingerprint density at radius 1 is 1.17 bits per heavy atom. The van der Waals surface area contributed by atoms with Gasteiger partial charge >= 0.3 is 5.69 Å². The lowest BCUT2D eigenvalue weighted by Crippen LogP contribution is -2.15. The fraction of sp³-hybridized carbons (Fsp3) is 0.214. The van der Waals surface area contributed by atoms with Crippen LogP contribution < -0.4 is 10.0 Å². The van der Waals surface area contributed by atoms with Gasteiger partial charge < -0.3 is 5.32 Å². The molecule has 0 saturated heterocycles. The molecule has 0 radical (unpaired) electrons. The van der Waals surface area contributed by atoms with Crippen molar-refractivity contribution in [2.24, 2.45) is 0 Å². The normalized spacial score (nSPS) is 11.0. The lowest BCUT2D eigenvalue weighted by atomic mass is 10.3. The number of aromatic nitrogens is 1. The molecule has 0 aliphatic carbocycles. The minimum Gasteiger partial charge on any atom is -0.334 e. The third-order valence-electron chi connectivity index (χ3n) is 2.88. The maximum Gasteiger partial charge on any atom is 0.311 e. The molecule has 0 bridgehead atoms. The van der Waals surface area contributed by atoms with Gasteiger partial charge in [0.2, 0.25) is 15.8 Å². The largest absolute Gasteiger partial charge is 0.334 e. The van der Waals surface area contributed by atoms with Crippen molar-refractivity contribution in [2.45, 2.75) is 13.3 Å². The van der Waals surface area contributed by atoms with Gasteiger partial charge in [-0.25, -0.2) is 13.4 Å². The summed E-state index contributed by atoms with van der Waals surface area (Å²) < 4.78 is 25.8. The number of pyridine rings is 1. The zero-order chi connectivity index (χ0) is 16.9. The number of nitro groups is 1. The van der Waals surface area contributed by atoms with E-state index in [0.717, 1.165) is 0 Å². The van der Waals surface area contributed by atoms with Crippen LogP contribution in [0.4, 0.5) is 22.9 Å². The predicted molar refractivity (Wildman–Crippen MR) is 88.3 cm³/mol. The molecule has 23 heavy (non-hydrogen) atoms. The standard InChI is InChI=1S/C14H16N4O4S/c1-2-10-23(21,22)17-12-7-5-11(6-8-12)16-14-13(18(19)20)4-3-9-15-14/h3-9,17H,2,10H2,1H3,(H,15,16). The Labute approximate surface area is 133 Å². The van der Waals surface area contributed by atoms with Gasteiger partial charge in [0, 0.05) is 23.6 Å². The first-order chi connectivity index (χ1) is 10.9. The highest BCUT2D eigenvalue weighted by Crippen LogP contribution is 2.25. The summed E-state index contributed by atoms with van der Waals surface area (Å²) in [6.45, 7) is 1.78. The van der Waals surface area contributed by atoms with Crippen molar-refractivity contribution < 1.29 is 13.3 Å². The Bertz CT molecular complexity index is 791. The molecule has 9 heteroatoms. The van der Waals surface area contributed by atoms with Gasteiger partial charge in [-0.1, -0.05) is 6.92 Å². The van der Waals surface area contributed by atoms with Crippen LogP contribution in [-0.4, -0.2) is 24.1 Å². The van der Waals surface area contributed by atoms with Crippen molar-refractivity contribution in [1.82, 2.24) is 4.98 Å². The Morgan fingerprint density at radius 2 is 1.83 bits per heavy atom. The van der Waals surface area contributed by atoms with Crippen LogP contribution in [0.15, 0.2) is 42.6 Å². The van der Waals surface area contributed by atoms with Crippen LogP contribution in [0.2, 0.25) is 0 Å². The van der Waals surface area contributed by atoms with Gasteiger partial charge in [0.05, 0.1) is 10.7 Å². The Hall–Kier alpha value is -2.68. The second kappa shape index (κ2) is 7.05. The quantitative estimate of drug-likeness (QED) is 0.593. The summed E-state index contributed by atoms with van der Waals surface area (Å²) in [5.41, 5.74) is 0.852. The molecule has 0 amide bonds. The van der Waals surface area contributed by atoms with Crippen LogP contribution in [0.3, 0.4) is 0 Å². The third kappa shape index (κ3) is 4.65. The van der Waals surface area contributed by atoms with E-state index in [0.29, 0.717) is 17.8 Å². The fourth-order valence-corrected chi connectivity index (χ4v) is 3.03. The van der Waals surface area contributed by atoms with E-state index in [1.807, 2.05) is 0 Å². The molecule has 0 aliphatic heterocycles. The van der Waals surface area contributed by atoms with Gasteiger partial charge in [-0.2, -0.15) is 0 Å². The van der Waals surface area contributed by atoms with E-state index in [2.05, 4.69) is 15.0 Å². The highest BCUT2D eigenvalue weighted by Gasteiger charge is 2.14. The number of hydrogen-bond donors (Lipinski definition) is 2. The topological polar surface area (TPSA) is 114 Å². The fourth-order valence-electron chi connectivity index (χ4n) is 1.90. The number of rotatable bonds is 7. The van der Waals surface area contributed by atoms with Crippen LogP contribution in [0.1, 0.15) is 13.3 Å². The van der Waals surface area contributed by atoms with Gasteiger partial charge in [0.15, 0.2) is 0 Å². The van der Waals surface area contributed by atoms with Crippen molar-refractivity contribution in [3.05, 3.63) is 52.7 Å². The number of anilines is 3. The van der Waals surface area contributed by atoms with Gasteiger partial charge in [0.1, 0.15) is 0 Å². The number of nitrogens with zero attached hydrogens (tertiary/aromatic N) is 2. The molecule has 0 saturated carbocycles. The van der Waals surface area contributed by atoms with Crippen molar-refractivity contribution >= 4 is 32.9 Å². The second-order valence-corrected chi connectivity index (χ2v) is 6.59. The van der Waals surface area contributed by atoms with E-state index in [1.165, 1.54) is 18.3 Å². The zero-order valence-electron chi connectivity index (χ0n) is 12.4. The number of sulfonamides is 1. The van der Waals surface area contributed by atoms with E-state index in [9.17, 15) is 18.5 Å². The summed E-state index contributed by atoms with van der Waals surface area (Å²) in [6.07, 6.45) is 1.97. The second-order valence-electron chi connectivity index (χ2n) is 4.75. The molecule has 2 aromatic rings. The molecule has 0 aliphatic rings. The molecule has 0 fully saturated rings. The summed E-state index contributed by atoms with van der Waals surface area (Å²) in [5, 5.41) is 13.8. The molecule has 2 N–H and O–H groups in total. The van der Waals surface area contributed by atoms with Crippen molar-refractivity contribution in [3.8, 4) is 0 Å². The number of benzene rings is 1. The molecule has 8 nitrogen and oxygen atoms in total. The smallest absolute Gasteiger partial charge is 0.311 e. The van der Waals surface area contributed by atoms with Crippen LogP contribution >= 0.6 is 0 Å². The highest BCUT2D eigenvalue weighted by atomic mass is 32.2. The molecule has 122 valence electrons. The average Bonchev–Trinajstić information content (AvgIpc) is 2.49. The summed E-state index contributed by atoms with van der Waals surface area (Å²) in [7, 11) is -3.35. The third-order valence-corrected chi connectivity index (χ3v) is 4.37.